The molecule has 1 N–H and O–H groups in total. The number of rotatable bonds is 10. The Hall–Kier alpha value is -2.19. The van der Waals surface area contributed by atoms with Gasteiger partial charge in [-0.05, 0) is 12.0 Å². The van der Waals surface area contributed by atoms with Crippen molar-refractivity contribution in [3.8, 4) is 5.75 Å². The number of morpholine rings is 1. The average molecular weight is 379 g/mol. The fraction of sp³-hybridized carbons (Fsp3) is 0.632. The van der Waals surface area contributed by atoms with Gasteiger partial charge in [0.05, 0.1) is 24.2 Å². The van der Waals surface area contributed by atoms with Gasteiger partial charge in [-0.15, -0.1) is 0 Å². The maximum atomic E-state index is 12.2. The normalized spacial score (nSPS) is 16.1. The summed E-state index contributed by atoms with van der Waals surface area (Å²) in [6.45, 7) is 7.94. The van der Waals surface area contributed by atoms with Crippen LogP contribution in [0.5, 0.6) is 5.75 Å². The van der Waals surface area contributed by atoms with Gasteiger partial charge in [0.1, 0.15) is 5.75 Å². The number of carbonyl (C=O) groups is 1. The number of nitro groups is 1. The average Bonchev–Trinajstić information content (AvgIpc) is 2.70. The van der Waals surface area contributed by atoms with Gasteiger partial charge < -0.3 is 14.8 Å². The molecule has 0 radical (unpaired) electrons. The van der Waals surface area contributed by atoms with E-state index in [4.69, 9.17) is 9.47 Å². The Labute approximate surface area is 160 Å². The maximum Gasteiger partial charge on any atom is 0.273 e. The molecule has 1 saturated heterocycles. The molecule has 8 heteroatoms. The molecule has 27 heavy (non-hydrogen) atoms. The number of nitrogens with zero attached hydrogens (tertiary/aromatic N) is 2. The molecule has 1 atom stereocenters. The van der Waals surface area contributed by atoms with Crippen molar-refractivity contribution in [2.24, 2.45) is 5.92 Å². The van der Waals surface area contributed by atoms with Gasteiger partial charge in [0.2, 0.25) is 0 Å². The monoisotopic (exact) mass is 379 g/mol. The minimum atomic E-state index is -0.491. The Balaban J connectivity index is 1.87. The molecular weight excluding hydrogens is 350 g/mol. The molecule has 1 fully saturated rings. The van der Waals surface area contributed by atoms with E-state index in [-0.39, 0.29) is 24.2 Å². The number of benzene rings is 1. The predicted molar refractivity (Wildman–Crippen MR) is 102 cm³/mol. The van der Waals surface area contributed by atoms with Crippen LogP contribution in [0.15, 0.2) is 24.3 Å². The van der Waals surface area contributed by atoms with E-state index in [2.05, 4.69) is 24.1 Å². The van der Waals surface area contributed by atoms with Gasteiger partial charge >= 0.3 is 0 Å². The summed E-state index contributed by atoms with van der Waals surface area (Å²) in [6, 6.07) is 6.10. The van der Waals surface area contributed by atoms with Gasteiger partial charge in [0, 0.05) is 31.7 Å². The van der Waals surface area contributed by atoms with Crippen molar-refractivity contribution in [3.05, 3.63) is 34.4 Å². The second-order valence-corrected chi connectivity index (χ2v) is 6.64. The van der Waals surface area contributed by atoms with Crippen LogP contribution in [0, 0.1) is 16.0 Å². The second kappa shape index (κ2) is 10.8. The molecule has 150 valence electrons. The van der Waals surface area contributed by atoms with Crippen LogP contribution in [0.2, 0.25) is 0 Å². The lowest BCUT2D eigenvalue weighted by Gasteiger charge is -2.38. The standard InChI is InChI=1S/C19H29N3O5/c1-3-15(4-2)18(21-8-10-26-11-9-21)13-20-19(23)14-27-17-7-5-6-16(12-17)22(24)25/h5-7,12,15,18H,3-4,8-11,13-14H2,1-2H3,(H,20,23). The molecular formula is C19H29N3O5. The summed E-state index contributed by atoms with van der Waals surface area (Å²) in [7, 11) is 0. The van der Waals surface area contributed by atoms with Gasteiger partial charge in [-0.25, -0.2) is 0 Å². The fourth-order valence-corrected chi connectivity index (χ4v) is 3.44. The van der Waals surface area contributed by atoms with Gasteiger partial charge in [-0.2, -0.15) is 0 Å². The van der Waals surface area contributed by atoms with Crippen molar-refractivity contribution in [1.82, 2.24) is 10.2 Å². The molecule has 1 aromatic carbocycles. The first-order valence-electron chi connectivity index (χ1n) is 9.50. The summed E-state index contributed by atoms with van der Waals surface area (Å²) >= 11 is 0. The van der Waals surface area contributed by atoms with Crippen LogP contribution in [0.25, 0.3) is 0 Å². The predicted octanol–water partition coefficient (Wildman–Crippen LogP) is 2.23. The molecule has 1 aliphatic rings. The zero-order chi connectivity index (χ0) is 19.6. The third-order valence-corrected chi connectivity index (χ3v) is 5.01. The Morgan fingerprint density at radius 3 is 2.67 bits per heavy atom. The van der Waals surface area contributed by atoms with Crippen LogP contribution < -0.4 is 10.1 Å². The van der Waals surface area contributed by atoms with E-state index in [1.54, 1.807) is 6.07 Å². The summed E-state index contributed by atoms with van der Waals surface area (Å²) in [5.74, 6) is 0.580. The lowest BCUT2D eigenvalue weighted by molar-refractivity contribution is -0.384. The fourth-order valence-electron chi connectivity index (χ4n) is 3.44. The van der Waals surface area contributed by atoms with Gasteiger partial charge in [0.25, 0.3) is 11.6 Å². The number of amides is 1. The summed E-state index contributed by atoms with van der Waals surface area (Å²) in [5, 5.41) is 13.8. The van der Waals surface area contributed by atoms with Crippen molar-refractivity contribution in [2.45, 2.75) is 32.7 Å². The topological polar surface area (TPSA) is 93.9 Å². The summed E-state index contributed by atoms with van der Waals surface area (Å²) in [6.07, 6.45) is 2.11. The quantitative estimate of drug-likeness (QED) is 0.495. The van der Waals surface area contributed by atoms with Crippen molar-refractivity contribution in [2.75, 3.05) is 39.5 Å². The van der Waals surface area contributed by atoms with Crippen LogP contribution in [-0.2, 0) is 9.53 Å². The number of non-ortho nitro benzene ring substituents is 1. The molecule has 2 rings (SSSR count). The molecule has 1 heterocycles. The minimum Gasteiger partial charge on any atom is -0.484 e. The van der Waals surface area contributed by atoms with Crippen LogP contribution >= 0.6 is 0 Å². The highest BCUT2D eigenvalue weighted by atomic mass is 16.6. The molecule has 0 spiro atoms. The smallest absolute Gasteiger partial charge is 0.273 e. The van der Waals surface area contributed by atoms with E-state index in [0.29, 0.717) is 18.2 Å². The van der Waals surface area contributed by atoms with E-state index in [1.165, 1.54) is 18.2 Å². The second-order valence-electron chi connectivity index (χ2n) is 6.64. The highest BCUT2D eigenvalue weighted by molar-refractivity contribution is 5.77. The van der Waals surface area contributed by atoms with Crippen molar-refractivity contribution in [1.29, 1.82) is 0 Å². The number of ether oxygens (including phenoxy) is 2. The molecule has 1 unspecified atom stereocenters. The molecule has 0 bridgehead atoms. The highest BCUT2D eigenvalue weighted by Gasteiger charge is 2.27. The third kappa shape index (κ3) is 6.48. The first-order chi connectivity index (χ1) is 13.0. The molecule has 0 aliphatic carbocycles. The highest BCUT2D eigenvalue weighted by Crippen LogP contribution is 2.20. The number of nitro benzene ring substituents is 1. The van der Waals surface area contributed by atoms with Crippen LogP contribution in [0.4, 0.5) is 5.69 Å². The first-order valence-corrected chi connectivity index (χ1v) is 9.50. The summed E-state index contributed by atoms with van der Waals surface area (Å²) < 4.78 is 10.8. The number of hydrogen-bond donors (Lipinski definition) is 1. The van der Waals surface area contributed by atoms with Gasteiger partial charge in [-0.3, -0.25) is 19.8 Å². The van der Waals surface area contributed by atoms with E-state index in [9.17, 15) is 14.9 Å². The van der Waals surface area contributed by atoms with Gasteiger partial charge in [-0.1, -0.05) is 32.8 Å². The number of carbonyl (C=O) groups excluding carboxylic acids is 1. The Kier molecular flexibility index (Phi) is 8.47. The van der Waals surface area contributed by atoms with E-state index in [0.717, 1.165) is 39.1 Å². The molecule has 1 aliphatic heterocycles. The zero-order valence-electron chi connectivity index (χ0n) is 16.1. The molecule has 0 aromatic heterocycles. The van der Waals surface area contributed by atoms with Gasteiger partial charge in [0.15, 0.2) is 6.61 Å². The van der Waals surface area contributed by atoms with E-state index >= 15 is 0 Å². The zero-order valence-corrected chi connectivity index (χ0v) is 16.1. The van der Waals surface area contributed by atoms with Crippen LogP contribution in [0.3, 0.4) is 0 Å². The van der Waals surface area contributed by atoms with Crippen LogP contribution in [-0.4, -0.2) is 61.2 Å². The summed E-state index contributed by atoms with van der Waals surface area (Å²) in [5.41, 5.74) is -0.0611. The lowest BCUT2D eigenvalue weighted by Crippen LogP contribution is -2.52. The van der Waals surface area contributed by atoms with E-state index in [1.807, 2.05) is 0 Å². The minimum absolute atomic E-state index is 0.0611. The molecule has 1 amide bonds. The SMILES string of the molecule is CCC(CC)C(CNC(=O)COc1cccc([N+](=O)[O-])c1)N1CCOCC1. The third-order valence-electron chi connectivity index (χ3n) is 5.01. The molecule has 8 nitrogen and oxygen atoms in total. The van der Waals surface area contributed by atoms with Crippen LogP contribution in [0.1, 0.15) is 26.7 Å². The Morgan fingerprint density at radius 1 is 1.33 bits per heavy atom. The summed E-state index contributed by atoms with van der Waals surface area (Å²) in [4.78, 5) is 24.9. The maximum absolute atomic E-state index is 12.2. The van der Waals surface area contributed by atoms with Crippen molar-refractivity contribution < 1.29 is 19.2 Å². The first kappa shape index (κ1) is 21.1. The molecule has 1 aromatic rings. The Morgan fingerprint density at radius 2 is 2.04 bits per heavy atom. The lowest BCUT2D eigenvalue weighted by atomic mass is 9.92. The number of nitrogens with one attached hydrogen (secondary N) is 1. The Bertz CT molecular complexity index is 615. The van der Waals surface area contributed by atoms with E-state index < -0.39 is 4.92 Å². The van der Waals surface area contributed by atoms with Crippen molar-refractivity contribution >= 4 is 11.6 Å². The molecule has 0 saturated carbocycles. The number of hydrogen-bond acceptors (Lipinski definition) is 6. The van der Waals surface area contributed by atoms with Crippen molar-refractivity contribution in [3.63, 3.8) is 0 Å². The largest absolute Gasteiger partial charge is 0.484 e.